The summed E-state index contributed by atoms with van der Waals surface area (Å²) in [6.07, 6.45) is 0.619. The van der Waals surface area contributed by atoms with E-state index in [9.17, 15) is 4.79 Å². The van der Waals surface area contributed by atoms with Crippen LogP contribution in [0.25, 0.3) is 16.8 Å². The lowest BCUT2D eigenvalue weighted by atomic mass is 9.76. The molecule has 3 heterocycles. The van der Waals surface area contributed by atoms with Gasteiger partial charge in [0.2, 0.25) is 0 Å². The number of carbonyl (C=O) groups is 1. The van der Waals surface area contributed by atoms with Crippen LogP contribution in [0.1, 0.15) is 22.4 Å². The molecule has 2 N–H and O–H groups in total. The number of ether oxygens (including phenoxy) is 2. The molecule has 1 atom stereocenters. The molecular weight excluding hydrogens is 488 g/mol. The smallest absolute Gasteiger partial charge is 0.259 e. The van der Waals surface area contributed by atoms with E-state index in [4.69, 9.17) is 14.6 Å². The second-order valence-electron chi connectivity index (χ2n) is 9.71. The van der Waals surface area contributed by atoms with Crippen molar-refractivity contribution in [2.24, 2.45) is 0 Å². The number of rotatable bonds is 5. The zero-order valence-corrected chi connectivity index (χ0v) is 21.6. The lowest BCUT2D eigenvalue weighted by molar-refractivity contribution is -0.118. The molecule has 39 heavy (non-hydrogen) atoms. The van der Waals surface area contributed by atoms with Gasteiger partial charge in [-0.05, 0) is 41.5 Å². The Morgan fingerprint density at radius 3 is 2.23 bits per heavy atom. The molecule has 0 saturated heterocycles. The minimum absolute atomic E-state index is 0.159. The van der Waals surface area contributed by atoms with Crippen LogP contribution in [0, 0.1) is 0 Å². The molecule has 5 aromatic rings. The Hall–Kier alpha value is -5.04. The average Bonchev–Trinajstić information content (AvgIpc) is 3.48. The topological polar surface area (TPSA) is 77.4 Å². The van der Waals surface area contributed by atoms with Gasteiger partial charge in [0.15, 0.2) is 17.0 Å². The fourth-order valence-electron chi connectivity index (χ4n) is 5.82. The maximum absolute atomic E-state index is 14.0. The first-order valence-electron chi connectivity index (χ1n) is 12.8. The molecular formula is C32H26N4O3. The summed E-state index contributed by atoms with van der Waals surface area (Å²) in [4.78, 5) is 14.0. The summed E-state index contributed by atoms with van der Waals surface area (Å²) in [5.41, 5.74) is 5.96. The fourth-order valence-corrected chi connectivity index (χ4v) is 5.82. The van der Waals surface area contributed by atoms with Crippen LogP contribution in [-0.4, -0.2) is 29.9 Å². The normalized spacial score (nSPS) is 16.6. The maximum atomic E-state index is 14.0. The van der Waals surface area contributed by atoms with Crippen molar-refractivity contribution < 1.29 is 14.3 Å². The lowest BCUT2D eigenvalue weighted by Gasteiger charge is -2.37. The zero-order valence-electron chi connectivity index (χ0n) is 21.6. The standard InChI is InChI=1S/C32H26N4O3/c1-38-27-18-22-24(19-28(27)39-2)32(23-15-9-10-16-25(23)33-31(32)37)34-30-29(22)26(17-20-11-5-3-6-12-20)35-36(30)21-13-7-4-8-14-21/h3-16,18-19,34H,17H2,1-2H3,(H,33,37)/t32-/m0/s1. The highest BCUT2D eigenvalue weighted by Gasteiger charge is 2.53. The van der Waals surface area contributed by atoms with Crippen molar-refractivity contribution in [2.75, 3.05) is 24.9 Å². The zero-order chi connectivity index (χ0) is 26.6. The fraction of sp³-hybridized carbons (Fsp3) is 0.125. The number of benzene rings is 4. The minimum atomic E-state index is -1.19. The van der Waals surface area contributed by atoms with E-state index in [1.54, 1.807) is 14.2 Å². The molecule has 0 unspecified atom stereocenters. The largest absolute Gasteiger partial charge is 0.493 e. The highest BCUT2D eigenvalue weighted by Crippen LogP contribution is 2.55. The van der Waals surface area contributed by atoms with Crippen LogP contribution in [0.5, 0.6) is 11.5 Å². The van der Waals surface area contributed by atoms with Gasteiger partial charge in [0, 0.05) is 28.8 Å². The van der Waals surface area contributed by atoms with Crippen LogP contribution in [0.3, 0.4) is 0 Å². The van der Waals surface area contributed by atoms with Crippen LogP contribution in [0.2, 0.25) is 0 Å². The number of aromatic nitrogens is 2. The molecule has 7 rings (SSSR count). The third kappa shape index (κ3) is 3.36. The number of anilines is 2. The van der Waals surface area contributed by atoms with Gasteiger partial charge >= 0.3 is 0 Å². The highest BCUT2D eigenvalue weighted by atomic mass is 16.5. The monoisotopic (exact) mass is 514 g/mol. The van der Waals surface area contributed by atoms with E-state index >= 15 is 0 Å². The molecule has 1 amide bonds. The number of para-hydroxylation sites is 2. The van der Waals surface area contributed by atoms with Gasteiger partial charge in [-0.2, -0.15) is 5.10 Å². The molecule has 2 aliphatic rings. The quantitative estimate of drug-likeness (QED) is 0.312. The van der Waals surface area contributed by atoms with E-state index in [-0.39, 0.29) is 5.91 Å². The van der Waals surface area contributed by atoms with E-state index in [0.29, 0.717) is 17.9 Å². The number of hydrogen-bond acceptors (Lipinski definition) is 5. The number of hydrogen-bond donors (Lipinski definition) is 2. The lowest BCUT2D eigenvalue weighted by Crippen LogP contribution is -2.46. The van der Waals surface area contributed by atoms with E-state index in [0.717, 1.165) is 50.7 Å². The average molecular weight is 515 g/mol. The Labute approximate surface area is 226 Å². The Morgan fingerprint density at radius 2 is 1.49 bits per heavy atom. The van der Waals surface area contributed by atoms with Gasteiger partial charge < -0.3 is 20.1 Å². The van der Waals surface area contributed by atoms with E-state index in [2.05, 4.69) is 22.8 Å². The number of nitrogens with one attached hydrogen (secondary N) is 2. The van der Waals surface area contributed by atoms with Crippen molar-refractivity contribution in [3.8, 4) is 28.3 Å². The number of amides is 1. The summed E-state index contributed by atoms with van der Waals surface area (Å²) in [5.74, 6) is 1.73. The van der Waals surface area contributed by atoms with Gasteiger partial charge in [-0.25, -0.2) is 4.68 Å². The van der Waals surface area contributed by atoms with Gasteiger partial charge in [0.05, 0.1) is 25.6 Å². The molecule has 0 fully saturated rings. The molecule has 4 aromatic carbocycles. The molecule has 1 spiro atoms. The Kier molecular flexibility index (Phi) is 5.20. The summed E-state index contributed by atoms with van der Waals surface area (Å²) < 4.78 is 13.4. The van der Waals surface area contributed by atoms with Crippen LogP contribution >= 0.6 is 0 Å². The second kappa shape index (κ2) is 8.77. The molecule has 7 nitrogen and oxygen atoms in total. The molecule has 0 bridgehead atoms. The summed E-state index contributed by atoms with van der Waals surface area (Å²) in [6.45, 7) is 0. The van der Waals surface area contributed by atoms with Crippen molar-refractivity contribution in [1.29, 1.82) is 0 Å². The van der Waals surface area contributed by atoms with Crippen molar-refractivity contribution in [2.45, 2.75) is 12.0 Å². The van der Waals surface area contributed by atoms with Crippen LogP contribution in [0.15, 0.2) is 97.1 Å². The first kappa shape index (κ1) is 23.1. The number of nitrogens with zero attached hydrogens (tertiary/aromatic N) is 2. The summed E-state index contributed by atoms with van der Waals surface area (Å²) >= 11 is 0. The first-order chi connectivity index (χ1) is 19.1. The predicted octanol–water partition coefficient (Wildman–Crippen LogP) is 5.77. The molecule has 0 saturated carbocycles. The van der Waals surface area contributed by atoms with Crippen LogP contribution in [0.4, 0.5) is 11.5 Å². The van der Waals surface area contributed by atoms with Gasteiger partial charge in [-0.1, -0.05) is 66.7 Å². The van der Waals surface area contributed by atoms with Crippen LogP contribution < -0.4 is 20.1 Å². The maximum Gasteiger partial charge on any atom is 0.259 e. The van der Waals surface area contributed by atoms with Crippen LogP contribution in [-0.2, 0) is 16.8 Å². The van der Waals surface area contributed by atoms with Crippen molar-refractivity contribution in [3.05, 3.63) is 119 Å². The van der Waals surface area contributed by atoms with E-state index in [1.165, 1.54) is 0 Å². The SMILES string of the molecule is COc1cc2c(cc1OC)[C@]1(Nc3c-2c(Cc2ccccc2)nn3-c2ccccc2)C(=O)Nc2ccccc21. The molecule has 2 aliphatic heterocycles. The van der Waals surface area contributed by atoms with Gasteiger partial charge in [-0.3, -0.25) is 4.79 Å². The first-order valence-corrected chi connectivity index (χ1v) is 12.8. The number of fused-ring (bicyclic) bond motifs is 6. The predicted molar refractivity (Wildman–Crippen MR) is 151 cm³/mol. The third-order valence-corrected chi connectivity index (χ3v) is 7.60. The summed E-state index contributed by atoms with van der Waals surface area (Å²) in [7, 11) is 3.23. The molecule has 192 valence electrons. The Balaban J connectivity index is 1.57. The summed E-state index contributed by atoms with van der Waals surface area (Å²) in [6, 6.07) is 31.9. The molecule has 1 aromatic heterocycles. The van der Waals surface area contributed by atoms with Gasteiger partial charge in [-0.15, -0.1) is 0 Å². The van der Waals surface area contributed by atoms with Gasteiger partial charge in [0.25, 0.3) is 5.91 Å². The molecule has 0 radical (unpaired) electrons. The van der Waals surface area contributed by atoms with Gasteiger partial charge in [0.1, 0.15) is 5.82 Å². The second-order valence-corrected chi connectivity index (χ2v) is 9.71. The van der Waals surface area contributed by atoms with Crippen molar-refractivity contribution >= 4 is 17.4 Å². The van der Waals surface area contributed by atoms with Crippen molar-refractivity contribution in [1.82, 2.24) is 9.78 Å². The Morgan fingerprint density at radius 1 is 0.821 bits per heavy atom. The minimum Gasteiger partial charge on any atom is -0.493 e. The third-order valence-electron chi connectivity index (χ3n) is 7.60. The Bertz CT molecular complexity index is 1730. The molecule has 0 aliphatic carbocycles. The highest BCUT2D eigenvalue weighted by molar-refractivity contribution is 6.13. The van der Waals surface area contributed by atoms with E-state index in [1.807, 2.05) is 89.6 Å². The number of carbonyl (C=O) groups excluding carboxylic acids is 1. The molecule has 7 heteroatoms. The summed E-state index contributed by atoms with van der Waals surface area (Å²) in [5, 5.41) is 11.9. The van der Waals surface area contributed by atoms with Crippen molar-refractivity contribution in [3.63, 3.8) is 0 Å². The number of methoxy groups -OCH3 is 2. The van der Waals surface area contributed by atoms with E-state index < -0.39 is 5.54 Å².